The van der Waals surface area contributed by atoms with Crippen LogP contribution in [0.15, 0.2) is 12.1 Å². The molecule has 0 bridgehead atoms. The van der Waals surface area contributed by atoms with E-state index in [9.17, 15) is 18.9 Å². The van der Waals surface area contributed by atoms with Crippen LogP contribution in [0, 0.1) is 10.1 Å². The molecule has 18 heavy (non-hydrogen) atoms. The molecule has 6 nitrogen and oxygen atoms in total. The monoisotopic (exact) mass is 282 g/mol. The lowest BCUT2D eigenvalue weighted by atomic mass is 10.0. The Labute approximate surface area is 106 Å². The second-order valence-corrected chi connectivity index (χ2v) is 3.38. The van der Waals surface area contributed by atoms with Gasteiger partial charge < -0.3 is 15.2 Å². The average molecular weight is 283 g/mol. The third kappa shape index (κ3) is 2.44. The Morgan fingerprint density at radius 3 is 2.39 bits per heavy atom. The van der Waals surface area contributed by atoms with Gasteiger partial charge in [-0.15, -0.1) is 12.4 Å². The van der Waals surface area contributed by atoms with Crippen LogP contribution in [-0.4, -0.2) is 18.1 Å². The van der Waals surface area contributed by atoms with Crippen LogP contribution in [0.25, 0.3) is 0 Å². The summed E-state index contributed by atoms with van der Waals surface area (Å²) in [7, 11) is 0. The van der Waals surface area contributed by atoms with Crippen molar-refractivity contribution in [2.75, 3.05) is 6.79 Å². The fourth-order valence-electron chi connectivity index (χ4n) is 1.51. The summed E-state index contributed by atoms with van der Waals surface area (Å²) < 4.78 is 34.9. The van der Waals surface area contributed by atoms with Gasteiger partial charge in [-0.2, -0.15) is 0 Å². The van der Waals surface area contributed by atoms with Gasteiger partial charge in [0.15, 0.2) is 11.5 Å². The maximum Gasteiger partial charge on any atom is 0.278 e. The highest BCUT2D eigenvalue weighted by atomic mass is 35.5. The van der Waals surface area contributed by atoms with E-state index < -0.39 is 23.1 Å². The topological polar surface area (TPSA) is 87.6 Å². The van der Waals surface area contributed by atoms with E-state index in [1.54, 1.807) is 0 Å². The van der Waals surface area contributed by atoms with E-state index in [-0.39, 0.29) is 36.3 Å². The molecule has 1 atom stereocenters. The lowest BCUT2D eigenvalue weighted by Gasteiger charge is -2.11. The number of nitrogens with two attached hydrogens (primary N) is 1. The standard InChI is InChI=1S/C9H8F2N2O4.ClH/c10-9(11)8(12)4-1-6-7(17-3-16-6)2-5(4)13(14)15;/h1-2,8-9H,3,12H2;1H/t8-;/m0./s1. The molecule has 1 aromatic rings. The number of rotatable bonds is 3. The van der Waals surface area contributed by atoms with Crippen LogP contribution in [0.1, 0.15) is 11.6 Å². The second kappa shape index (κ2) is 5.32. The van der Waals surface area contributed by atoms with Crippen molar-refractivity contribution < 1.29 is 23.2 Å². The minimum atomic E-state index is -2.89. The number of benzene rings is 1. The molecule has 1 aliphatic rings. The molecule has 0 aromatic heterocycles. The van der Waals surface area contributed by atoms with Gasteiger partial charge in [0.2, 0.25) is 6.79 Å². The summed E-state index contributed by atoms with van der Waals surface area (Å²) in [5.41, 5.74) is 4.45. The average Bonchev–Trinajstić information content (AvgIpc) is 2.72. The molecule has 0 unspecified atom stereocenters. The van der Waals surface area contributed by atoms with Crippen LogP contribution >= 0.6 is 12.4 Å². The Hall–Kier alpha value is -1.67. The van der Waals surface area contributed by atoms with Crippen LogP contribution in [0.5, 0.6) is 11.5 Å². The van der Waals surface area contributed by atoms with Gasteiger partial charge in [0.25, 0.3) is 12.1 Å². The van der Waals surface area contributed by atoms with E-state index in [1.807, 2.05) is 0 Å². The van der Waals surface area contributed by atoms with Gasteiger partial charge >= 0.3 is 0 Å². The lowest BCUT2D eigenvalue weighted by Crippen LogP contribution is -2.20. The predicted molar refractivity (Wildman–Crippen MR) is 59.4 cm³/mol. The summed E-state index contributed by atoms with van der Waals surface area (Å²) >= 11 is 0. The van der Waals surface area contributed by atoms with Gasteiger partial charge in [-0.25, -0.2) is 8.78 Å². The molecule has 2 rings (SSSR count). The van der Waals surface area contributed by atoms with Crippen molar-refractivity contribution in [2.45, 2.75) is 12.5 Å². The Bertz CT molecular complexity index is 472. The molecular weight excluding hydrogens is 274 g/mol. The molecule has 0 spiro atoms. The molecule has 9 heteroatoms. The zero-order valence-corrected chi connectivity index (χ0v) is 9.65. The fourth-order valence-corrected chi connectivity index (χ4v) is 1.51. The number of nitro groups is 1. The zero-order chi connectivity index (χ0) is 12.6. The minimum absolute atomic E-state index is 0. The SMILES string of the molecule is Cl.N[C@@H](c1cc2c(cc1[N+](=O)[O-])OCO2)C(F)F. The number of hydrogen-bond donors (Lipinski definition) is 1. The molecule has 0 amide bonds. The number of ether oxygens (including phenoxy) is 2. The van der Waals surface area contributed by atoms with E-state index in [0.29, 0.717) is 0 Å². The first-order valence-electron chi connectivity index (χ1n) is 4.62. The molecule has 100 valence electrons. The van der Waals surface area contributed by atoms with Gasteiger partial charge in [0, 0.05) is 0 Å². The van der Waals surface area contributed by atoms with Crippen molar-refractivity contribution in [3.8, 4) is 11.5 Å². The molecule has 0 saturated heterocycles. The molecule has 2 N–H and O–H groups in total. The summed E-state index contributed by atoms with van der Waals surface area (Å²) in [6.07, 6.45) is -2.89. The molecule has 0 fully saturated rings. The summed E-state index contributed by atoms with van der Waals surface area (Å²) in [6, 6.07) is 0.432. The Morgan fingerprint density at radius 1 is 1.33 bits per heavy atom. The van der Waals surface area contributed by atoms with Gasteiger partial charge in [-0.1, -0.05) is 0 Å². The highest BCUT2D eigenvalue weighted by Crippen LogP contribution is 2.40. The Morgan fingerprint density at radius 2 is 1.89 bits per heavy atom. The first-order chi connectivity index (χ1) is 8.00. The van der Waals surface area contributed by atoms with Crippen molar-refractivity contribution in [3.05, 3.63) is 27.8 Å². The van der Waals surface area contributed by atoms with E-state index in [1.165, 1.54) is 0 Å². The van der Waals surface area contributed by atoms with Gasteiger partial charge in [-0.05, 0) is 6.07 Å². The van der Waals surface area contributed by atoms with Crippen LogP contribution in [0.3, 0.4) is 0 Å². The number of nitrogens with zero attached hydrogens (tertiary/aromatic N) is 1. The summed E-state index contributed by atoms with van der Waals surface area (Å²) in [5, 5.41) is 10.8. The van der Waals surface area contributed by atoms with Crippen LogP contribution < -0.4 is 15.2 Å². The number of hydrogen-bond acceptors (Lipinski definition) is 5. The van der Waals surface area contributed by atoms with Crippen molar-refractivity contribution in [2.24, 2.45) is 5.73 Å². The zero-order valence-electron chi connectivity index (χ0n) is 8.84. The summed E-state index contributed by atoms with van der Waals surface area (Å²) in [5.74, 6) is 0.337. The van der Waals surface area contributed by atoms with Gasteiger partial charge in [0.05, 0.1) is 22.6 Å². The van der Waals surface area contributed by atoms with E-state index >= 15 is 0 Å². The molecule has 0 saturated carbocycles. The second-order valence-electron chi connectivity index (χ2n) is 3.38. The first kappa shape index (κ1) is 14.4. The molecule has 0 radical (unpaired) electrons. The molecule has 1 aromatic carbocycles. The quantitative estimate of drug-likeness (QED) is 0.677. The van der Waals surface area contributed by atoms with Crippen LogP contribution in [0.2, 0.25) is 0 Å². The number of nitro benzene ring substituents is 1. The van der Waals surface area contributed by atoms with Crippen molar-refractivity contribution in [1.82, 2.24) is 0 Å². The summed E-state index contributed by atoms with van der Waals surface area (Å²) in [6.45, 7) is -0.0974. The Kier molecular flexibility index (Phi) is 4.25. The molecular formula is C9H9ClF2N2O4. The highest BCUT2D eigenvalue weighted by molar-refractivity contribution is 5.85. The third-order valence-corrected chi connectivity index (χ3v) is 2.35. The number of alkyl halides is 2. The van der Waals surface area contributed by atoms with Crippen LogP contribution in [-0.2, 0) is 0 Å². The molecule has 0 aliphatic carbocycles. The van der Waals surface area contributed by atoms with Crippen LogP contribution in [0.4, 0.5) is 14.5 Å². The number of halogens is 3. The van der Waals surface area contributed by atoms with Gasteiger partial charge in [0.1, 0.15) is 0 Å². The maximum atomic E-state index is 12.5. The van der Waals surface area contributed by atoms with Crippen molar-refractivity contribution in [1.29, 1.82) is 0 Å². The predicted octanol–water partition coefficient (Wildman–Crippen LogP) is 2.01. The molecule has 1 heterocycles. The first-order valence-corrected chi connectivity index (χ1v) is 4.62. The Balaban J connectivity index is 0.00000162. The van der Waals surface area contributed by atoms with Gasteiger partial charge in [-0.3, -0.25) is 10.1 Å². The van der Waals surface area contributed by atoms with Crippen molar-refractivity contribution in [3.63, 3.8) is 0 Å². The minimum Gasteiger partial charge on any atom is -0.454 e. The van der Waals surface area contributed by atoms with E-state index in [2.05, 4.69) is 0 Å². The summed E-state index contributed by atoms with van der Waals surface area (Å²) in [4.78, 5) is 9.98. The largest absolute Gasteiger partial charge is 0.454 e. The number of fused-ring (bicyclic) bond motifs is 1. The third-order valence-electron chi connectivity index (χ3n) is 2.35. The normalized spacial score (nSPS) is 14.2. The molecule has 1 aliphatic heterocycles. The van der Waals surface area contributed by atoms with E-state index in [0.717, 1.165) is 12.1 Å². The maximum absolute atomic E-state index is 12.5. The highest BCUT2D eigenvalue weighted by Gasteiger charge is 2.30. The lowest BCUT2D eigenvalue weighted by molar-refractivity contribution is -0.385. The smallest absolute Gasteiger partial charge is 0.278 e. The fraction of sp³-hybridized carbons (Fsp3) is 0.333. The van der Waals surface area contributed by atoms with E-state index in [4.69, 9.17) is 15.2 Å². The van der Waals surface area contributed by atoms with Crippen molar-refractivity contribution >= 4 is 18.1 Å².